The van der Waals surface area contributed by atoms with Crippen LogP contribution in [0.25, 0.3) is 0 Å². The van der Waals surface area contributed by atoms with Crippen LogP contribution in [0.2, 0.25) is 0 Å². The van der Waals surface area contributed by atoms with Gasteiger partial charge in [0.15, 0.2) is 20.1 Å². The molecule has 94 valence electrons. The summed E-state index contributed by atoms with van der Waals surface area (Å²) >= 11 is 12.4. The molecule has 0 saturated carbocycles. The number of nitrogens with one attached hydrogen (secondary N) is 2. The lowest BCUT2D eigenvalue weighted by Crippen LogP contribution is -2.42. The summed E-state index contributed by atoms with van der Waals surface area (Å²) in [7, 11) is -3.05. The first-order chi connectivity index (χ1) is 7.96. The van der Waals surface area contributed by atoms with E-state index in [0.29, 0.717) is 10.2 Å². The second kappa shape index (κ2) is 5.05. The van der Waals surface area contributed by atoms with Gasteiger partial charge in [0.05, 0.1) is 22.9 Å². The average Bonchev–Trinajstić information content (AvgIpc) is 2.75. The second-order valence-electron chi connectivity index (χ2n) is 3.64. The molecular weight excluding hydrogens is 302 g/mol. The summed E-state index contributed by atoms with van der Waals surface area (Å²) in [6, 6.07) is -0.346. The van der Waals surface area contributed by atoms with Gasteiger partial charge in [-0.25, -0.2) is 13.4 Å². The van der Waals surface area contributed by atoms with Crippen molar-refractivity contribution >= 4 is 55.2 Å². The number of thiocarbonyl (C=S) groups is 1. The van der Waals surface area contributed by atoms with Gasteiger partial charge in [-0.2, -0.15) is 0 Å². The van der Waals surface area contributed by atoms with Gasteiger partial charge in [-0.1, -0.05) is 0 Å². The maximum Gasteiger partial charge on any atom is 0.188 e. The molecule has 2 rings (SSSR count). The molecule has 9 heteroatoms. The van der Waals surface area contributed by atoms with Crippen molar-refractivity contribution in [1.82, 2.24) is 10.3 Å². The molecule has 17 heavy (non-hydrogen) atoms. The maximum absolute atomic E-state index is 11.4. The summed E-state index contributed by atoms with van der Waals surface area (Å²) in [4.78, 5) is 4.01. The first-order valence-electron chi connectivity index (χ1n) is 4.78. The monoisotopic (exact) mass is 311 g/mol. The quantitative estimate of drug-likeness (QED) is 0.623. The summed E-state index contributed by atoms with van der Waals surface area (Å²) in [6.07, 6.45) is 1.65. The minimum absolute atomic E-state index is 0.00785. The molecule has 0 bridgehead atoms. The maximum atomic E-state index is 11.4. The fourth-order valence-corrected chi connectivity index (χ4v) is 4.92. The molecule has 1 saturated heterocycles. The third-order valence-corrected chi connectivity index (χ3v) is 5.54. The van der Waals surface area contributed by atoms with E-state index in [0.717, 1.165) is 0 Å². The highest BCUT2D eigenvalue weighted by Gasteiger charge is 2.36. The molecule has 1 fully saturated rings. The molecule has 0 amide bonds. The molecule has 0 aromatic carbocycles. The summed E-state index contributed by atoms with van der Waals surface area (Å²) in [6.45, 7) is 0. The lowest BCUT2D eigenvalue weighted by atomic mass is 10.3. The normalized spacial score (nSPS) is 26.6. The number of halogens is 1. The highest BCUT2D eigenvalue weighted by molar-refractivity contribution is 7.91. The predicted molar refractivity (Wildman–Crippen MR) is 73.6 cm³/mol. The van der Waals surface area contributed by atoms with Crippen molar-refractivity contribution in [3.05, 3.63) is 11.6 Å². The molecule has 0 radical (unpaired) electrons. The van der Waals surface area contributed by atoms with Gasteiger partial charge < -0.3 is 10.6 Å². The van der Waals surface area contributed by atoms with Crippen molar-refractivity contribution in [2.45, 2.75) is 11.4 Å². The summed E-state index contributed by atoms with van der Waals surface area (Å²) < 4.78 is 22.7. The fourth-order valence-electron chi connectivity index (χ4n) is 1.52. The topological polar surface area (TPSA) is 71.1 Å². The number of rotatable bonds is 2. The Morgan fingerprint density at radius 3 is 2.88 bits per heavy atom. The molecule has 0 aliphatic carbocycles. The molecule has 5 nitrogen and oxygen atoms in total. The van der Waals surface area contributed by atoms with Crippen molar-refractivity contribution in [3.63, 3.8) is 0 Å². The van der Waals surface area contributed by atoms with E-state index in [1.165, 1.54) is 11.3 Å². The molecule has 2 heterocycles. The van der Waals surface area contributed by atoms with E-state index < -0.39 is 15.2 Å². The van der Waals surface area contributed by atoms with Crippen molar-refractivity contribution in [2.24, 2.45) is 0 Å². The Morgan fingerprint density at radius 2 is 2.35 bits per heavy atom. The number of anilines is 1. The number of sulfone groups is 1. The molecule has 2 atom stereocenters. The van der Waals surface area contributed by atoms with E-state index in [1.807, 2.05) is 5.38 Å². The van der Waals surface area contributed by atoms with Gasteiger partial charge in [-0.15, -0.1) is 22.9 Å². The third kappa shape index (κ3) is 3.51. The SMILES string of the molecule is O=S1(=O)C[C@H](Cl)[C@H](NC(=S)Nc2nccs2)C1. The number of aromatic nitrogens is 1. The van der Waals surface area contributed by atoms with Gasteiger partial charge in [-0.05, 0) is 12.2 Å². The van der Waals surface area contributed by atoms with E-state index in [2.05, 4.69) is 15.6 Å². The van der Waals surface area contributed by atoms with Crippen molar-refractivity contribution in [3.8, 4) is 0 Å². The largest absolute Gasteiger partial charge is 0.357 e. The van der Waals surface area contributed by atoms with Crippen LogP contribution in [0.1, 0.15) is 0 Å². The number of alkyl halides is 1. The molecule has 1 aromatic heterocycles. The standard InChI is InChI=1S/C8H10ClN3O2S3/c9-5-3-17(13,14)4-6(5)11-7(15)12-8-10-1-2-16-8/h1-2,5-6H,3-4H2,(H2,10,11,12,15)/t5-,6+/m0/s1. The van der Waals surface area contributed by atoms with Gasteiger partial charge in [0.1, 0.15) is 0 Å². The van der Waals surface area contributed by atoms with Crippen LogP contribution >= 0.6 is 35.2 Å². The Balaban J connectivity index is 1.91. The van der Waals surface area contributed by atoms with Crippen LogP contribution in [0.15, 0.2) is 11.6 Å². The van der Waals surface area contributed by atoms with Gasteiger partial charge in [0, 0.05) is 11.6 Å². The van der Waals surface area contributed by atoms with E-state index in [4.69, 9.17) is 23.8 Å². The van der Waals surface area contributed by atoms with Gasteiger partial charge in [-0.3, -0.25) is 0 Å². The van der Waals surface area contributed by atoms with Crippen molar-refractivity contribution < 1.29 is 8.42 Å². The zero-order valence-corrected chi connectivity index (χ0v) is 11.8. The van der Waals surface area contributed by atoms with E-state index in [-0.39, 0.29) is 17.5 Å². The van der Waals surface area contributed by atoms with Crippen LogP contribution in [0.4, 0.5) is 5.13 Å². The second-order valence-corrected chi connectivity index (χ2v) is 7.65. The number of hydrogen-bond acceptors (Lipinski definition) is 5. The first kappa shape index (κ1) is 13.0. The van der Waals surface area contributed by atoms with Gasteiger partial charge in [0.2, 0.25) is 0 Å². The van der Waals surface area contributed by atoms with Crippen molar-refractivity contribution in [1.29, 1.82) is 0 Å². The Morgan fingerprint density at radius 1 is 1.59 bits per heavy atom. The molecule has 1 aromatic rings. The lowest BCUT2D eigenvalue weighted by molar-refractivity contribution is 0.600. The third-order valence-electron chi connectivity index (χ3n) is 2.25. The zero-order chi connectivity index (χ0) is 12.5. The molecule has 0 unspecified atom stereocenters. The highest BCUT2D eigenvalue weighted by Crippen LogP contribution is 2.18. The molecular formula is C8H10ClN3O2S3. The Kier molecular flexibility index (Phi) is 3.86. The van der Waals surface area contributed by atoms with E-state index in [1.54, 1.807) is 6.20 Å². The fraction of sp³-hybridized carbons (Fsp3) is 0.500. The highest BCUT2D eigenvalue weighted by atomic mass is 35.5. The first-order valence-corrected chi connectivity index (χ1v) is 8.32. The van der Waals surface area contributed by atoms with Crippen LogP contribution < -0.4 is 10.6 Å². The van der Waals surface area contributed by atoms with Gasteiger partial charge >= 0.3 is 0 Å². The number of hydrogen-bond donors (Lipinski definition) is 2. The zero-order valence-electron chi connectivity index (χ0n) is 8.59. The molecule has 0 spiro atoms. The van der Waals surface area contributed by atoms with E-state index in [9.17, 15) is 8.42 Å². The van der Waals surface area contributed by atoms with Gasteiger partial charge in [0.25, 0.3) is 0 Å². The molecule has 1 aliphatic rings. The Bertz CT molecular complexity index is 502. The van der Waals surface area contributed by atoms with Crippen LogP contribution in [0.5, 0.6) is 0 Å². The Hall–Kier alpha value is -0.440. The predicted octanol–water partition coefficient (Wildman–Crippen LogP) is 0.834. The van der Waals surface area contributed by atoms with Crippen LogP contribution in [0, 0.1) is 0 Å². The number of nitrogens with zero attached hydrogens (tertiary/aromatic N) is 1. The Labute approximate surface area is 113 Å². The average molecular weight is 312 g/mol. The lowest BCUT2D eigenvalue weighted by Gasteiger charge is -2.16. The van der Waals surface area contributed by atoms with Crippen LogP contribution in [0.3, 0.4) is 0 Å². The smallest absolute Gasteiger partial charge is 0.188 e. The minimum atomic E-state index is -3.05. The van der Waals surface area contributed by atoms with Crippen LogP contribution in [-0.4, -0.2) is 41.4 Å². The van der Waals surface area contributed by atoms with Crippen LogP contribution in [-0.2, 0) is 9.84 Å². The minimum Gasteiger partial charge on any atom is -0.357 e. The molecule has 2 N–H and O–H groups in total. The number of thiazole rings is 1. The molecule has 1 aliphatic heterocycles. The van der Waals surface area contributed by atoms with E-state index >= 15 is 0 Å². The summed E-state index contributed by atoms with van der Waals surface area (Å²) in [5, 5.41) is 8.14. The summed E-state index contributed by atoms with van der Waals surface area (Å²) in [5.74, 6) is 0.00689. The summed E-state index contributed by atoms with van der Waals surface area (Å²) in [5.41, 5.74) is 0. The van der Waals surface area contributed by atoms with Crippen molar-refractivity contribution in [2.75, 3.05) is 16.8 Å².